The molecule has 3 nitrogen and oxygen atoms in total. The van der Waals surface area contributed by atoms with Gasteiger partial charge in [-0.3, -0.25) is 0 Å². The molecule has 3 heteroatoms. The van der Waals surface area contributed by atoms with E-state index in [1.54, 1.807) is 0 Å². The number of hydrogen-bond donors (Lipinski definition) is 1. The van der Waals surface area contributed by atoms with E-state index in [-0.39, 0.29) is 5.54 Å². The Hall–Kier alpha value is -1.61. The van der Waals surface area contributed by atoms with Crippen LogP contribution in [-0.2, 0) is 19.4 Å². The highest BCUT2D eigenvalue weighted by Crippen LogP contribution is 2.28. The van der Waals surface area contributed by atoms with Crippen LogP contribution in [0.15, 0.2) is 28.8 Å². The first-order valence-corrected chi connectivity index (χ1v) is 7.33. The fourth-order valence-electron chi connectivity index (χ4n) is 2.59. The van der Waals surface area contributed by atoms with E-state index in [1.165, 1.54) is 30.4 Å². The zero-order valence-corrected chi connectivity index (χ0v) is 12.5. The fraction of sp³-hybridized carbons (Fsp3) is 0.471. The van der Waals surface area contributed by atoms with Crippen LogP contribution in [0.3, 0.4) is 0 Å². The van der Waals surface area contributed by atoms with E-state index in [9.17, 15) is 0 Å². The third-order valence-corrected chi connectivity index (χ3v) is 3.71. The van der Waals surface area contributed by atoms with Gasteiger partial charge < -0.3 is 9.73 Å². The van der Waals surface area contributed by atoms with Crippen molar-refractivity contribution < 1.29 is 4.42 Å². The minimum absolute atomic E-state index is 0.0716. The maximum atomic E-state index is 5.85. The molecule has 1 aromatic heterocycles. The molecule has 0 atom stereocenters. The summed E-state index contributed by atoms with van der Waals surface area (Å²) in [6.07, 6.45) is 5.51. The summed E-state index contributed by atoms with van der Waals surface area (Å²) in [5.41, 5.74) is 4.17. The molecule has 1 aliphatic rings. The lowest BCUT2D eigenvalue weighted by Crippen LogP contribution is -2.35. The predicted molar refractivity (Wildman–Crippen MR) is 80.6 cm³/mol. The predicted octanol–water partition coefficient (Wildman–Crippen LogP) is 3.72. The van der Waals surface area contributed by atoms with E-state index in [4.69, 9.17) is 4.42 Å². The van der Waals surface area contributed by atoms with Crippen molar-refractivity contribution in [2.75, 3.05) is 0 Å². The first kappa shape index (κ1) is 13.4. The number of oxazole rings is 1. The normalized spacial score (nSPS) is 14.6. The van der Waals surface area contributed by atoms with Gasteiger partial charge in [-0.15, -0.1) is 0 Å². The molecule has 106 valence electrons. The lowest BCUT2D eigenvalue weighted by Gasteiger charge is -2.18. The van der Waals surface area contributed by atoms with Gasteiger partial charge >= 0.3 is 0 Å². The minimum atomic E-state index is 0.0716. The fourth-order valence-corrected chi connectivity index (χ4v) is 2.59. The number of rotatable bonds is 3. The Morgan fingerprint density at radius 1 is 1.20 bits per heavy atom. The Morgan fingerprint density at radius 2 is 2.00 bits per heavy atom. The van der Waals surface area contributed by atoms with Crippen molar-refractivity contribution in [1.82, 2.24) is 10.3 Å². The molecule has 20 heavy (non-hydrogen) atoms. The van der Waals surface area contributed by atoms with Crippen molar-refractivity contribution in [3.8, 4) is 11.3 Å². The first-order valence-electron chi connectivity index (χ1n) is 7.33. The highest BCUT2D eigenvalue weighted by atomic mass is 16.4. The lowest BCUT2D eigenvalue weighted by atomic mass is 10.1. The van der Waals surface area contributed by atoms with Crippen LogP contribution >= 0.6 is 0 Å². The van der Waals surface area contributed by atoms with E-state index in [0.717, 1.165) is 17.2 Å². The topological polar surface area (TPSA) is 38.1 Å². The van der Waals surface area contributed by atoms with Crippen LogP contribution in [0.1, 0.15) is 44.2 Å². The van der Waals surface area contributed by atoms with Crippen molar-refractivity contribution in [3.05, 3.63) is 41.4 Å². The maximum absolute atomic E-state index is 5.85. The molecule has 0 saturated heterocycles. The van der Waals surface area contributed by atoms with E-state index in [0.29, 0.717) is 6.54 Å². The lowest BCUT2D eigenvalue weighted by molar-refractivity contribution is 0.383. The highest BCUT2D eigenvalue weighted by Gasteiger charge is 2.14. The maximum Gasteiger partial charge on any atom is 0.208 e. The van der Waals surface area contributed by atoms with E-state index >= 15 is 0 Å². The van der Waals surface area contributed by atoms with Gasteiger partial charge in [0.25, 0.3) is 0 Å². The third-order valence-electron chi connectivity index (χ3n) is 3.71. The molecule has 0 radical (unpaired) electrons. The molecule has 1 heterocycles. The van der Waals surface area contributed by atoms with E-state index in [1.807, 2.05) is 6.20 Å². The molecular formula is C17H22N2O. The van der Waals surface area contributed by atoms with Gasteiger partial charge in [0.2, 0.25) is 5.89 Å². The second kappa shape index (κ2) is 5.06. The standard InChI is InChI=1S/C17H22N2O/c1-17(2,3)19-11-16-18-10-15(20-16)14-8-7-12-5-4-6-13(12)9-14/h7-10,19H,4-6,11H2,1-3H3. The summed E-state index contributed by atoms with van der Waals surface area (Å²) in [4.78, 5) is 4.36. The molecule has 0 amide bonds. The molecule has 0 spiro atoms. The van der Waals surface area contributed by atoms with Gasteiger partial charge in [0.15, 0.2) is 5.76 Å². The monoisotopic (exact) mass is 270 g/mol. The van der Waals surface area contributed by atoms with Crippen molar-refractivity contribution >= 4 is 0 Å². The van der Waals surface area contributed by atoms with Gasteiger partial charge in [-0.2, -0.15) is 0 Å². The number of nitrogens with one attached hydrogen (secondary N) is 1. The van der Waals surface area contributed by atoms with E-state index < -0.39 is 0 Å². The molecule has 0 fully saturated rings. The molecule has 0 aliphatic heterocycles. The first-order chi connectivity index (χ1) is 9.51. The van der Waals surface area contributed by atoms with Gasteiger partial charge in [-0.1, -0.05) is 12.1 Å². The van der Waals surface area contributed by atoms with Gasteiger partial charge in [-0.05, 0) is 57.2 Å². The van der Waals surface area contributed by atoms with Gasteiger partial charge in [0.1, 0.15) is 0 Å². The van der Waals surface area contributed by atoms with Crippen LogP contribution in [0, 0.1) is 0 Å². The largest absolute Gasteiger partial charge is 0.439 e. The third kappa shape index (κ3) is 2.93. The number of benzene rings is 1. The van der Waals surface area contributed by atoms with Crippen molar-refractivity contribution in [2.45, 2.75) is 52.1 Å². The van der Waals surface area contributed by atoms with Crippen LogP contribution in [0.25, 0.3) is 11.3 Å². The summed E-state index contributed by atoms with van der Waals surface area (Å²) in [6.45, 7) is 7.07. The smallest absolute Gasteiger partial charge is 0.208 e. The molecule has 1 N–H and O–H groups in total. The van der Waals surface area contributed by atoms with Gasteiger partial charge in [-0.25, -0.2) is 4.98 Å². The van der Waals surface area contributed by atoms with Crippen molar-refractivity contribution in [3.63, 3.8) is 0 Å². The summed E-state index contributed by atoms with van der Waals surface area (Å²) >= 11 is 0. The van der Waals surface area contributed by atoms with Crippen LogP contribution in [0.2, 0.25) is 0 Å². The Labute approximate surface area is 120 Å². The molecule has 1 aliphatic carbocycles. The van der Waals surface area contributed by atoms with Crippen molar-refractivity contribution in [2.24, 2.45) is 0 Å². The summed E-state index contributed by atoms with van der Waals surface area (Å²) in [5, 5.41) is 3.39. The second-order valence-electron chi connectivity index (χ2n) is 6.56. The zero-order chi connectivity index (χ0) is 14.2. The van der Waals surface area contributed by atoms with Gasteiger partial charge in [0.05, 0.1) is 12.7 Å². The summed E-state index contributed by atoms with van der Waals surface area (Å²) < 4.78 is 5.85. The van der Waals surface area contributed by atoms with Crippen molar-refractivity contribution in [1.29, 1.82) is 0 Å². The minimum Gasteiger partial charge on any atom is -0.439 e. The van der Waals surface area contributed by atoms with Crippen LogP contribution in [0.4, 0.5) is 0 Å². The molecule has 2 aromatic rings. The molecule has 0 unspecified atom stereocenters. The Kier molecular flexibility index (Phi) is 3.38. The average molecular weight is 270 g/mol. The zero-order valence-electron chi connectivity index (χ0n) is 12.5. The number of nitrogens with zero attached hydrogens (tertiary/aromatic N) is 1. The Bertz CT molecular complexity index is 608. The van der Waals surface area contributed by atoms with Gasteiger partial charge in [0, 0.05) is 11.1 Å². The Balaban J connectivity index is 1.76. The van der Waals surface area contributed by atoms with E-state index in [2.05, 4.69) is 49.3 Å². The molecule has 1 aromatic carbocycles. The SMILES string of the molecule is CC(C)(C)NCc1ncc(-c2ccc3c(c2)CCC3)o1. The Morgan fingerprint density at radius 3 is 2.80 bits per heavy atom. The summed E-state index contributed by atoms with van der Waals surface area (Å²) in [6, 6.07) is 6.63. The van der Waals surface area contributed by atoms with Crippen LogP contribution < -0.4 is 5.32 Å². The van der Waals surface area contributed by atoms with Crippen LogP contribution in [-0.4, -0.2) is 10.5 Å². The molecule has 0 bridgehead atoms. The van der Waals surface area contributed by atoms with Crippen LogP contribution in [0.5, 0.6) is 0 Å². The number of fused-ring (bicyclic) bond motifs is 1. The summed E-state index contributed by atoms with van der Waals surface area (Å²) in [5.74, 6) is 1.61. The molecule has 3 rings (SSSR count). The number of aromatic nitrogens is 1. The average Bonchev–Trinajstić information content (AvgIpc) is 3.03. The number of aryl methyl sites for hydroxylation is 2. The number of hydrogen-bond acceptors (Lipinski definition) is 3. The highest BCUT2D eigenvalue weighted by molar-refractivity contribution is 5.59. The second-order valence-corrected chi connectivity index (χ2v) is 6.56. The molecule has 0 saturated carbocycles. The quantitative estimate of drug-likeness (QED) is 0.923. The summed E-state index contributed by atoms with van der Waals surface area (Å²) in [7, 11) is 0. The molecular weight excluding hydrogens is 248 g/mol.